The third-order valence-electron chi connectivity index (χ3n) is 2.79. The summed E-state index contributed by atoms with van der Waals surface area (Å²) in [6, 6.07) is 6.90. The molecule has 0 aliphatic heterocycles. The fourth-order valence-corrected chi connectivity index (χ4v) is 2.21. The normalized spacial score (nSPS) is 20.3. The standard InChI is InChI=1S/C12H17N/c1-9-5-11-4-3-10(8-13-2)7-12(11)6-9/h3-4,7,9,13H,5-6,8H2,1-2H3. The summed E-state index contributed by atoms with van der Waals surface area (Å²) < 4.78 is 0. The molecule has 1 nitrogen and oxygen atoms in total. The SMILES string of the molecule is CNCc1ccc2c(c1)CC(C)C2. The van der Waals surface area contributed by atoms with Crippen molar-refractivity contribution in [1.82, 2.24) is 5.32 Å². The van der Waals surface area contributed by atoms with E-state index in [9.17, 15) is 0 Å². The number of hydrogen-bond acceptors (Lipinski definition) is 1. The number of hydrogen-bond donors (Lipinski definition) is 1. The van der Waals surface area contributed by atoms with Gasteiger partial charge in [0.2, 0.25) is 0 Å². The van der Waals surface area contributed by atoms with E-state index in [-0.39, 0.29) is 0 Å². The molecule has 0 spiro atoms. The van der Waals surface area contributed by atoms with Gasteiger partial charge in [0, 0.05) is 6.54 Å². The lowest BCUT2D eigenvalue weighted by Crippen LogP contribution is -2.05. The quantitative estimate of drug-likeness (QED) is 0.726. The molecule has 13 heavy (non-hydrogen) atoms. The molecular formula is C12H17N. The number of rotatable bonds is 2. The third kappa shape index (κ3) is 1.75. The number of fused-ring (bicyclic) bond motifs is 1. The van der Waals surface area contributed by atoms with Gasteiger partial charge in [0.15, 0.2) is 0 Å². The second-order valence-corrected chi connectivity index (χ2v) is 4.15. The lowest BCUT2D eigenvalue weighted by atomic mass is 10.1. The van der Waals surface area contributed by atoms with Crippen LogP contribution in [0.2, 0.25) is 0 Å². The first-order valence-electron chi connectivity index (χ1n) is 5.05. The van der Waals surface area contributed by atoms with E-state index in [1.165, 1.54) is 18.4 Å². The summed E-state index contributed by atoms with van der Waals surface area (Å²) >= 11 is 0. The zero-order chi connectivity index (χ0) is 9.26. The Morgan fingerprint density at radius 1 is 1.31 bits per heavy atom. The van der Waals surface area contributed by atoms with Crippen LogP contribution >= 0.6 is 0 Å². The summed E-state index contributed by atoms with van der Waals surface area (Å²) in [5.74, 6) is 0.847. The maximum Gasteiger partial charge on any atom is 0.0202 e. The number of nitrogens with one attached hydrogen (secondary N) is 1. The van der Waals surface area contributed by atoms with Gasteiger partial charge in [-0.2, -0.15) is 0 Å². The van der Waals surface area contributed by atoms with Crippen LogP contribution in [0.15, 0.2) is 18.2 Å². The molecule has 0 radical (unpaired) electrons. The van der Waals surface area contributed by atoms with Gasteiger partial charge in [0.25, 0.3) is 0 Å². The van der Waals surface area contributed by atoms with Gasteiger partial charge in [0.1, 0.15) is 0 Å². The average molecular weight is 175 g/mol. The Balaban J connectivity index is 2.24. The highest BCUT2D eigenvalue weighted by molar-refractivity contribution is 5.35. The predicted molar refractivity (Wildman–Crippen MR) is 55.8 cm³/mol. The minimum absolute atomic E-state index is 0.847. The van der Waals surface area contributed by atoms with E-state index < -0.39 is 0 Å². The highest BCUT2D eigenvalue weighted by atomic mass is 14.8. The van der Waals surface area contributed by atoms with E-state index in [1.54, 1.807) is 11.1 Å². The summed E-state index contributed by atoms with van der Waals surface area (Å²) in [4.78, 5) is 0. The predicted octanol–water partition coefficient (Wildman–Crippen LogP) is 2.14. The van der Waals surface area contributed by atoms with Crippen molar-refractivity contribution in [2.75, 3.05) is 7.05 Å². The molecule has 2 rings (SSSR count). The van der Waals surface area contributed by atoms with Gasteiger partial charge in [-0.15, -0.1) is 0 Å². The molecule has 0 heterocycles. The lowest BCUT2D eigenvalue weighted by Gasteiger charge is -2.03. The second kappa shape index (κ2) is 3.51. The first kappa shape index (κ1) is 8.76. The molecule has 70 valence electrons. The topological polar surface area (TPSA) is 12.0 Å². The Morgan fingerprint density at radius 3 is 2.85 bits per heavy atom. The van der Waals surface area contributed by atoms with Gasteiger partial charge < -0.3 is 5.32 Å². The molecule has 0 saturated carbocycles. The molecule has 1 atom stereocenters. The minimum atomic E-state index is 0.847. The maximum atomic E-state index is 3.19. The molecule has 0 bridgehead atoms. The van der Waals surface area contributed by atoms with Gasteiger partial charge in [0.05, 0.1) is 0 Å². The van der Waals surface area contributed by atoms with Crippen LogP contribution < -0.4 is 5.32 Å². The molecular weight excluding hydrogens is 158 g/mol. The van der Waals surface area contributed by atoms with Crippen molar-refractivity contribution in [3.05, 3.63) is 34.9 Å². The van der Waals surface area contributed by atoms with Gasteiger partial charge >= 0.3 is 0 Å². The summed E-state index contributed by atoms with van der Waals surface area (Å²) in [6.07, 6.45) is 2.54. The van der Waals surface area contributed by atoms with Crippen LogP contribution in [-0.4, -0.2) is 7.05 Å². The number of benzene rings is 1. The zero-order valence-corrected chi connectivity index (χ0v) is 8.43. The molecule has 1 aliphatic rings. The van der Waals surface area contributed by atoms with Gasteiger partial charge in [-0.3, -0.25) is 0 Å². The summed E-state index contributed by atoms with van der Waals surface area (Å²) in [6.45, 7) is 3.32. The average Bonchev–Trinajstić information content (AvgIpc) is 2.44. The summed E-state index contributed by atoms with van der Waals surface area (Å²) in [7, 11) is 2.00. The van der Waals surface area contributed by atoms with Gasteiger partial charge in [-0.05, 0) is 42.5 Å². The summed E-state index contributed by atoms with van der Waals surface area (Å²) in [5, 5.41) is 3.19. The van der Waals surface area contributed by atoms with Crippen LogP contribution in [0.25, 0.3) is 0 Å². The van der Waals surface area contributed by atoms with E-state index in [4.69, 9.17) is 0 Å². The Morgan fingerprint density at radius 2 is 2.08 bits per heavy atom. The molecule has 1 heteroatoms. The molecule has 0 amide bonds. The molecule has 1 N–H and O–H groups in total. The van der Waals surface area contributed by atoms with E-state index in [1.807, 2.05) is 7.05 Å². The zero-order valence-electron chi connectivity index (χ0n) is 8.43. The minimum Gasteiger partial charge on any atom is -0.316 e. The fraction of sp³-hybridized carbons (Fsp3) is 0.500. The van der Waals surface area contributed by atoms with E-state index in [0.29, 0.717) is 0 Å². The van der Waals surface area contributed by atoms with Crippen molar-refractivity contribution in [3.8, 4) is 0 Å². The van der Waals surface area contributed by atoms with Crippen molar-refractivity contribution < 1.29 is 0 Å². The highest BCUT2D eigenvalue weighted by Crippen LogP contribution is 2.26. The van der Waals surface area contributed by atoms with Crippen molar-refractivity contribution in [1.29, 1.82) is 0 Å². The lowest BCUT2D eigenvalue weighted by molar-refractivity contribution is 0.627. The first-order valence-corrected chi connectivity index (χ1v) is 5.05. The fourth-order valence-electron chi connectivity index (χ4n) is 2.21. The van der Waals surface area contributed by atoms with Gasteiger partial charge in [-0.25, -0.2) is 0 Å². The molecule has 1 aromatic rings. The van der Waals surface area contributed by atoms with Crippen LogP contribution in [0, 0.1) is 5.92 Å². The molecule has 0 aromatic heterocycles. The summed E-state index contributed by atoms with van der Waals surface area (Å²) in [5.41, 5.74) is 4.54. The smallest absolute Gasteiger partial charge is 0.0202 e. The van der Waals surface area contributed by atoms with E-state index in [2.05, 4.69) is 30.4 Å². The van der Waals surface area contributed by atoms with Gasteiger partial charge in [-0.1, -0.05) is 25.1 Å². The largest absolute Gasteiger partial charge is 0.316 e. The highest BCUT2D eigenvalue weighted by Gasteiger charge is 2.17. The van der Waals surface area contributed by atoms with Crippen molar-refractivity contribution in [2.24, 2.45) is 5.92 Å². The molecule has 1 aliphatic carbocycles. The van der Waals surface area contributed by atoms with Crippen molar-refractivity contribution in [2.45, 2.75) is 26.3 Å². The third-order valence-corrected chi connectivity index (χ3v) is 2.79. The van der Waals surface area contributed by atoms with E-state index in [0.717, 1.165) is 12.5 Å². The van der Waals surface area contributed by atoms with E-state index >= 15 is 0 Å². The molecule has 0 fully saturated rings. The van der Waals surface area contributed by atoms with Crippen LogP contribution in [0.5, 0.6) is 0 Å². The van der Waals surface area contributed by atoms with Crippen LogP contribution in [0.3, 0.4) is 0 Å². The Labute approximate surface area is 80.2 Å². The van der Waals surface area contributed by atoms with Crippen LogP contribution in [0.4, 0.5) is 0 Å². The first-order chi connectivity index (χ1) is 6.29. The van der Waals surface area contributed by atoms with Crippen molar-refractivity contribution in [3.63, 3.8) is 0 Å². The van der Waals surface area contributed by atoms with Crippen LogP contribution in [0.1, 0.15) is 23.6 Å². The molecule has 1 unspecified atom stereocenters. The monoisotopic (exact) mass is 175 g/mol. The maximum absolute atomic E-state index is 3.19. The Bertz CT molecular complexity index is 304. The molecule has 1 aromatic carbocycles. The van der Waals surface area contributed by atoms with Crippen molar-refractivity contribution >= 4 is 0 Å². The van der Waals surface area contributed by atoms with Crippen LogP contribution in [-0.2, 0) is 19.4 Å². The molecule has 0 saturated heterocycles. The Hall–Kier alpha value is -0.820. The Kier molecular flexibility index (Phi) is 2.36. The second-order valence-electron chi connectivity index (χ2n) is 4.15.